The van der Waals surface area contributed by atoms with Crippen molar-refractivity contribution in [3.63, 3.8) is 0 Å². The molecule has 0 radical (unpaired) electrons. The maximum atomic E-state index is 13.7. The third kappa shape index (κ3) is 6.22. The number of rotatable bonds is 8. The summed E-state index contributed by atoms with van der Waals surface area (Å²) in [6.45, 7) is 3.48. The van der Waals surface area contributed by atoms with E-state index < -0.39 is 22.0 Å². The number of hydrogen-bond donors (Lipinski definition) is 1. The van der Waals surface area contributed by atoms with Crippen LogP contribution in [0.2, 0.25) is 5.02 Å². The Hall–Kier alpha value is -4.38. The van der Waals surface area contributed by atoms with Crippen LogP contribution in [0.3, 0.4) is 0 Å². The summed E-state index contributed by atoms with van der Waals surface area (Å²) in [6.07, 6.45) is 1.55. The van der Waals surface area contributed by atoms with Crippen LogP contribution in [0.5, 0.6) is 0 Å². The topological polar surface area (TPSA) is 114 Å². The summed E-state index contributed by atoms with van der Waals surface area (Å²) in [5.74, 6) is -0.637. The minimum atomic E-state index is -3.46. The minimum Gasteiger partial charge on any atom is -0.343 e. The van der Waals surface area contributed by atoms with Crippen molar-refractivity contribution in [3.05, 3.63) is 123 Å². The van der Waals surface area contributed by atoms with E-state index in [0.717, 1.165) is 0 Å². The average Bonchev–Trinajstić information content (AvgIpc) is 2.97. The fraction of sp³-hybridized carbons (Fsp3) is 0.188. The number of sulfonamides is 1. The van der Waals surface area contributed by atoms with Gasteiger partial charge in [-0.3, -0.25) is 19.1 Å². The van der Waals surface area contributed by atoms with Gasteiger partial charge >= 0.3 is 0 Å². The van der Waals surface area contributed by atoms with E-state index in [1.807, 2.05) is 42.5 Å². The second kappa shape index (κ2) is 12.1. The van der Waals surface area contributed by atoms with Crippen molar-refractivity contribution in [2.24, 2.45) is 0 Å². The predicted molar refractivity (Wildman–Crippen MR) is 169 cm³/mol. The number of halogens is 1. The lowest BCUT2D eigenvalue weighted by Crippen LogP contribution is -2.33. The number of carbonyl (C=O) groups is 1. The summed E-state index contributed by atoms with van der Waals surface area (Å²) >= 11 is 6.43. The molecule has 0 bridgehead atoms. The number of hydrogen-bond acceptors (Lipinski definition) is 6. The summed E-state index contributed by atoms with van der Waals surface area (Å²) in [5.41, 5.74) is 3.09. The second-order valence-electron chi connectivity index (χ2n) is 10.4. The molecule has 0 aliphatic carbocycles. The molecule has 3 aromatic carbocycles. The third-order valence-corrected chi connectivity index (χ3v) is 9.25. The zero-order chi connectivity index (χ0) is 30.9. The molecular weight excluding hydrogens is 586 g/mol. The monoisotopic (exact) mass is 615 g/mol. The van der Waals surface area contributed by atoms with Gasteiger partial charge in [0.05, 0.1) is 39.8 Å². The second-order valence-corrected chi connectivity index (χ2v) is 13.0. The summed E-state index contributed by atoms with van der Waals surface area (Å²) < 4.78 is 27.5. The zero-order valence-electron chi connectivity index (χ0n) is 24.1. The molecule has 9 nitrogen and oxygen atoms in total. The van der Waals surface area contributed by atoms with Crippen LogP contribution in [-0.4, -0.2) is 47.3 Å². The molecule has 0 fully saturated rings. The van der Waals surface area contributed by atoms with Crippen molar-refractivity contribution in [1.82, 2.24) is 24.2 Å². The first-order valence-electron chi connectivity index (χ1n) is 13.5. The number of nitrogens with zero attached hydrogens (tertiary/aromatic N) is 4. The number of nitrogens with one attached hydrogen (secondary N) is 1. The van der Waals surface area contributed by atoms with E-state index in [2.05, 4.69) is 15.3 Å². The quantitative estimate of drug-likeness (QED) is 0.254. The van der Waals surface area contributed by atoms with Crippen LogP contribution in [0.1, 0.15) is 40.4 Å². The van der Waals surface area contributed by atoms with Crippen LogP contribution >= 0.6 is 11.6 Å². The molecule has 11 heteroatoms. The highest BCUT2D eigenvalue weighted by Crippen LogP contribution is 2.26. The Morgan fingerprint density at radius 3 is 2.47 bits per heavy atom. The van der Waals surface area contributed by atoms with Gasteiger partial charge in [0.1, 0.15) is 5.69 Å². The van der Waals surface area contributed by atoms with Crippen LogP contribution < -0.4 is 10.9 Å². The number of aromatic nitrogens is 3. The lowest BCUT2D eigenvalue weighted by molar-refractivity contribution is 0.0932. The highest BCUT2D eigenvalue weighted by molar-refractivity contribution is 7.88. The Kier molecular flexibility index (Phi) is 8.45. The van der Waals surface area contributed by atoms with Gasteiger partial charge in [-0.1, -0.05) is 60.1 Å². The molecule has 2 heterocycles. The SMILES string of the molecule is Cc1ncc(-c2cccc(CS(=O)(=O)N(C)C)c2)nc1C(=O)N[C@@H](C)c1cc2cccc(Cl)c2c(=O)n1-c1ccccc1. The van der Waals surface area contributed by atoms with Gasteiger partial charge in [0.25, 0.3) is 11.5 Å². The van der Waals surface area contributed by atoms with Gasteiger partial charge in [-0.25, -0.2) is 17.7 Å². The van der Waals surface area contributed by atoms with Gasteiger partial charge in [-0.2, -0.15) is 0 Å². The molecular formula is C32H30ClN5O4S. The highest BCUT2D eigenvalue weighted by Gasteiger charge is 2.22. The van der Waals surface area contributed by atoms with Crippen molar-refractivity contribution in [1.29, 1.82) is 0 Å². The first kappa shape index (κ1) is 30.1. The number of benzene rings is 3. The maximum Gasteiger partial charge on any atom is 0.272 e. The molecule has 0 saturated heterocycles. The van der Waals surface area contributed by atoms with Crippen LogP contribution in [0.25, 0.3) is 27.7 Å². The fourth-order valence-corrected chi connectivity index (χ4v) is 5.93. The standard InChI is InChI=1S/C32H30ClN5O4S/c1-20(28-17-24-12-9-15-26(33)29(24)32(40)38(28)25-13-6-5-7-14-25)35-31(39)30-21(2)34-18-27(36-30)23-11-8-10-22(16-23)19-43(41,42)37(3)4/h5-18,20H,19H2,1-4H3,(H,35,39)/t20-/m0/s1. The smallest absolute Gasteiger partial charge is 0.272 e. The Morgan fingerprint density at radius 1 is 1.02 bits per heavy atom. The fourth-order valence-electron chi connectivity index (χ4n) is 4.80. The number of carbonyl (C=O) groups excluding carboxylic acids is 1. The number of aryl methyl sites for hydroxylation is 1. The van der Waals surface area contributed by atoms with Crippen LogP contribution in [0.4, 0.5) is 0 Å². The Labute approximate surface area is 254 Å². The maximum absolute atomic E-state index is 13.7. The molecule has 0 spiro atoms. The molecule has 1 N–H and O–H groups in total. The largest absolute Gasteiger partial charge is 0.343 e. The molecule has 220 valence electrons. The van der Waals surface area contributed by atoms with E-state index in [0.29, 0.717) is 49.7 Å². The van der Waals surface area contributed by atoms with Gasteiger partial charge in [-0.05, 0) is 55.1 Å². The van der Waals surface area contributed by atoms with Crippen molar-refractivity contribution in [3.8, 4) is 16.9 Å². The lowest BCUT2D eigenvalue weighted by Gasteiger charge is -2.21. The molecule has 5 rings (SSSR count). The molecule has 0 saturated carbocycles. The average molecular weight is 616 g/mol. The van der Waals surface area contributed by atoms with Crippen LogP contribution in [0, 0.1) is 6.92 Å². The van der Waals surface area contributed by atoms with Crippen molar-refractivity contribution in [2.45, 2.75) is 25.6 Å². The Balaban J connectivity index is 1.50. The van der Waals surface area contributed by atoms with E-state index in [4.69, 9.17) is 11.6 Å². The highest BCUT2D eigenvalue weighted by atomic mass is 35.5. The van der Waals surface area contributed by atoms with Crippen LogP contribution in [-0.2, 0) is 15.8 Å². The van der Waals surface area contributed by atoms with Gasteiger partial charge < -0.3 is 5.32 Å². The van der Waals surface area contributed by atoms with Gasteiger partial charge in [-0.15, -0.1) is 0 Å². The molecule has 43 heavy (non-hydrogen) atoms. The molecule has 2 aromatic heterocycles. The minimum absolute atomic E-state index is 0.119. The van der Waals surface area contributed by atoms with E-state index in [-0.39, 0.29) is 17.0 Å². The van der Waals surface area contributed by atoms with E-state index >= 15 is 0 Å². The summed E-state index contributed by atoms with van der Waals surface area (Å²) in [7, 11) is -0.482. The van der Waals surface area contributed by atoms with Gasteiger partial charge in [0.15, 0.2) is 0 Å². The summed E-state index contributed by atoms with van der Waals surface area (Å²) in [4.78, 5) is 36.3. The normalized spacial score (nSPS) is 12.4. The molecule has 0 unspecified atom stereocenters. The number of pyridine rings is 1. The van der Waals surface area contributed by atoms with E-state index in [1.165, 1.54) is 18.4 Å². The summed E-state index contributed by atoms with van der Waals surface area (Å²) in [6, 6.07) is 22.7. The number of fused-ring (bicyclic) bond motifs is 1. The third-order valence-electron chi connectivity index (χ3n) is 7.13. The molecule has 5 aromatic rings. The molecule has 1 atom stereocenters. The summed E-state index contributed by atoms with van der Waals surface area (Å²) in [5, 5.41) is 4.39. The lowest BCUT2D eigenvalue weighted by atomic mass is 10.1. The van der Waals surface area contributed by atoms with Gasteiger partial charge in [0.2, 0.25) is 10.0 Å². The predicted octanol–water partition coefficient (Wildman–Crippen LogP) is 5.29. The number of amides is 1. The van der Waals surface area contributed by atoms with Crippen molar-refractivity contribution >= 4 is 38.3 Å². The molecule has 1 amide bonds. The Morgan fingerprint density at radius 2 is 1.74 bits per heavy atom. The first-order chi connectivity index (χ1) is 20.5. The Bertz CT molecular complexity index is 2010. The first-order valence-corrected chi connectivity index (χ1v) is 15.5. The number of para-hydroxylation sites is 1. The molecule has 0 aliphatic heterocycles. The van der Waals surface area contributed by atoms with Crippen molar-refractivity contribution < 1.29 is 13.2 Å². The van der Waals surface area contributed by atoms with Gasteiger partial charge in [0, 0.05) is 31.0 Å². The molecule has 0 aliphatic rings. The zero-order valence-corrected chi connectivity index (χ0v) is 25.6. The van der Waals surface area contributed by atoms with Crippen LogP contribution in [0.15, 0.2) is 89.9 Å². The van der Waals surface area contributed by atoms with E-state index in [9.17, 15) is 18.0 Å². The van der Waals surface area contributed by atoms with Crippen molar-refractivity contribution in [2.75, 3.05) is 14.1 Å². The van der Waals surface area contributed by atoms with E-state index in [1.54, 1.807) is 61.0 Å².